The molecule has 0 saturated carbocycles. The van der Waals surface area contributed by atoms with Gasteiger partial charge < -0.3 is 10.4 Å². The SMILES string of the molecule is Cc1ccccc1C(=O)NCc1sccc1C#CCCO. The second kappa shape index (κ2) is 7.63. The van der Waals surface area contributed by atoms with Gasteiger partial charge in [0.25, 0.3) is 5.91 Å². The molecule has 1 aromatic carbocycles. The number of aliphatic hydroxyl groups is 1. The largest absolute Gasteiger partial charge is 0.395 e. The van der Waals surface area contributed by atoms with Crippen molar-refractivity contribution in [3.8, 4) is 11.8 Å². The van der Waals surface area contributed by atoms with Gasteiger partial charge in [0, 0.05) is 22.4 Å². The lowest BCUT2D eigenvalue weighted by atomic mass is 10.1. The van der Waals surface area contributed by atoms with E-state index < -0.39 is 0 Å². The van der Waals surface area contributed by atoms with E-state index in [0.29, 0.717) is 18.5 Å². The third-order valence-electron chi connectivity index (χ3n) is 3.00. The van der Waals surface area contributed by atoms with Crippen LogP contribution in [0.2, 0.25) is 0 Å². The minimum Gasteiger partial charge on any atom is -0.395 e. The maximum absolute atomic E-state index is 12.2. The number of amides is 1. The number of thiophene rings is 1. The van der Waals surface area contributed by atoms with Gasteiger partial charge in [-0.2, -0.15) is 0 Å². The molecule has 21 heavy (non-hydrogen) atoms. The lowest BCUT2D eigenvalue weighted by Gasteiger charge is -2.06. The molecule has 1 heterocycles. The molecule has 0 atom stereocenters. The maximum Gasteiger partial charge on any atom is 0.251 e. The fourth-order valence-electron chi connectivity index (χ4n) is 1.89. The number of carbonyl (C=O) groups is 1. The summed E-state index contributed by atoms with van der Waals surface area (Å²) in [5.74, 6) is 5.85. The van der Waals surface area contributed by atoms with Crippen LogP contribution in [-0.4, -0.2) is 17.6 Å². The van der Waals surface area contributed by atoms with Crippen LogP contribution >= 0.6 is 11.3 Å². The van der Waals surface area contributed by atoms with E-state index in [1.807, 2.05) is 42.6 Å². The highest BCUT2D eigenvalue weighted by molar-refractivity contribution is 7.10. The molecule has 4 heteroatoms. The van der Waals surface area contributed by atoms with Gasteiger partial charge in [0.2, 0.25) is 0 Å². The predicted molar refractivity (Wildman–Crippen MR) is 85.2 cm³/mol. The second-order valence-electron chi connectivity index (χ2n) is 4.53. The number of rotatable bonds is 4. The summed E-state index contributed by atoms with van der Waals surface area (Å²) >= 11 is 1.57. The Morgan fingerprint density at radius 3 is 2.90 bits per heavy atom. The highest BCUT2D eigenvalue weighted by Gasteiger charge is 2.09. The van der Waals surface area contributed by atoms with E-state index in [1.54, 1.807) is 11.3 Å². The van der Waals surface area contributed by atoms with Gasteiger partial charge in [-0.3, -0.25) is 4.79 Å². The molecular formula is C17H17NO2S. The van der Waals surface area contributed by atoms with Crippen molar-refractivity contribution in [2.75, 3.05) is 6.61 Å². The molecular weight excluding hydrogens is 282 g/mol. The third kappa shape index (κ3) is 4.19. The Kier molecular flexibility index (Phi) is 5.56. The Balaban J connectivity index is 2.01. The van der Waals surface area contributed by atoms with Crippen molar-refractivity contribution in [2.45, 2.75) is 19.9 Å². The van der Waals surface area contributed by atoms with Crippen molar-refractivity contribution in [1.82, 2.24) is 5.32 Å². The molecule has 108 valence electrons. The number of aliphatic hydroxyl groups excluding tert-OH is 1. The van der Waals surface area contributed by atoms with Gasteiger partial charge in [-0.1, -0.05) is 30.0 Å². The number of aryl methyl sites for hydroxylation is 1. The van der Waals surface area contributed by atoms with E-state index in [1.165, 1.54) is 0 Å². The monoisotopic (exact) mass is 299 g/mol. The zero-order chi connectivity index (χ0) is 15.1. The highest BCUT2D eigenvalue weighted by Crippen LogP contribution is 2.16. The predicted octanol–water partition coefficient (Wildman–Crippen LogP) is 2.72. The lowest BCUT2D eigenvalue weighted by Crippen LogP contribution is -2.23. The average molecular weight is 299 g/mol. The van der Waals surface area contributed by atoms with Crippen LogP contribution in [0.1, 0.15) is 32.8 Å². The molecule has 0 aliphatic heterocycles. The van der Waals surface area contributed by atoms with Crippen molar-refractivity contribution in [2.24, 2.45) is 0 Å². The first kappa shape index (κ1) is 15.3. The molecule has 0 radical (unpaired) electrons. The molecule has 2 N–H and O–H groups in total. The van der Waals surface area contributed by atoms with Gasteiger partial charge in [0.05, 0.1) is 13.2 Å². The molecule has 0 bridgehead atoms. The molecule has 0 aliphatic carbocycles. The van der Waals surface area contributed by atoms with Gasteiger partial charge in [-0.05, 0) is 30.0 Å². The molecule has 0 saturated heterocycles. The molecule has 0 fully saturated rings. The second-order valence-corrected chi connectivity index (χ2v) is 5.53. The van der Waals surface area contributed by atoms with Gasteiger partial charge in [-0.25, -0.2) is 0 Å². The fraction of sp³-hybridized carbons (Fsp3) is 0.235. The summed E-state index contributed by atoms with van der Waals surface area (Å²) in [5, 5.41) is 13.6. The first-order valence-electron chi connectivity index (χ1n) is 6.72. The topological polar surface area (TPSA) is 49.3 Å². The Bertz CT molecular complexity index is 679. The van der Waals surface area contributed by atoms with Crippen LogP contribution in [-0.2, 0) is 6.54 Å². The van der Waals surface area contributed by atoms with E-state index in [4.69, 9.17) is 5.11 Å². The maximum atomic E-state index is 12.2. The Morgan fingerprint density at radius 1 is 1.33 bits per heavy atom. The van der Waals surface area contributed by atoms with Crippen LogP contribution in [0, 0.1) is 18.8 Å². The standard InChI is InChI=1S/C17H17NO2S/c1-13-6-2-3-8-15(13)17(20)18-12-16-14(9-11-21-16)7-4-5-10-19/h2-3,6,8-9,11,19H,5,10,12H2,1H3,(H,18,20). The average Bonchev–Trinajstić information content (AvgIpc) is 2.93. The summed E-state index contributed by atoms with van der Waals surface area (Å²) in [5.41, 5.74) is 2.57. The molecule has 0 spiro atoms. The number of hydrogen-bond acceptors (Lipinski definition) is 3. The summed E-state index contributed by atoms with van der Waals surface area (Å²) in [7, 11) is 0. The number of hydrogen-bond donors (Lipinski definition) is 2. The van der Waals surface area contributed by atoms with E-state index in [9.17, 15) is 4.79 Å². The summed E-state index contributed by atoms with van der Waals surface area (Å²) < 4.78 is 0. The first-order chi connectivity index (χ1) is 10.2. The normalized spacial score (nSPS) is 9.81. The lowest BCUT2D eigenvalue weighted by molar-refractivity contribution is 0.0950. The molecule has 2 rings (SSSR count). The van der Waals surface area contributed by atoms with Crippen LogP contribution in [0.5, 0.6) is 0 Å². The summed E-state index contributed by atoms with van der Waals surface area (Å²) in [4.78, 5) is 13.2. The minimum absolute atomic E-state index is 0.0660. The van der Waals surface area contributed by atoms with Crippen LogP contribution in [0.15, 0.2) is 35.7 Å². The Labute approximate surface area is 128 Å². The van der Waals surface area contributed by atoms with Crippen LogP contribution in [0.4, 0.5) is 0 Å². The van der Waals surface area contributed by atoms with Gasteiger partial charge in [0.15, 0.2) is 0 Å². The molecule has 0 unspecified atom stereocenters. The highest BCUT2D eigenvalue weighted by atomic mass is 32.1. The van der Waals surface area contributed by atoms with Crippen LogP contribution in [0.3, 0.4) is 0 Å². The van der Waals surface area contributed by atoms with Crippen molar-refractivity contribution in [1.29, 1.82) is 0 Å². The van der Waals surface area contributed by atoms with Crippen molar-refractivity contribution >= 4 is 17.2 Å². The van der Waals surface area contributed by atoms with Crippen molar-refractivity contribution in [3.05, 3.63) is 57.3 Å². The van der Waals surface area contributed by atoms with Gasteiger partial charge in [0.1, 0.15) is 0 Å². The molecule has 2 aromatic rings. The third-order valence-corrected chi connectivity index (χ3v) is 3.93. The van der Waals surface area contributed by atoms with Crippen molar-refractivity contribution < 1.29 is 9.90 Å². The van der Waals surface area contributed by atoms with Crippen LogP contribution in [0.25, 0.3) is 0 Å². The minimum atomic E-state index is -0.0734. The van der Waals surface area contributed by atoms with E-state index >= 15 is 0 Å². The summed E-state index contributed by atoms with van der Waals surface area (Å²) in [6.07, 6.45) is 0.463. The first-order valence-corrected chi connectivity index (χ1v) is 7.60. The van der Waals surface area contributed by atoms with Gasteiger partial charge in [-0.15, -0.1) is 11.3 Å². The molecule has 1 aromatic heterocycles. The summed E-state index contributed by atoms with van der Waals surface area (Å²) in [6, 6.07) is 9.45. The number of carbonyl (C=O) groups excluding carboxylic acids is 1. The number of benzene rings is 1. The zero-order valence-corrected chi connectivity index (χ0v) is 12.7. The fourth-order valence-corrected chi connectivity index (χ4v) is 2.66. The van der Waals surface area contributed by atoms with E-state index in [-0.39, 0.29) is 12.5 Å². The smallest absolute Gasteiger partial charge is 0.251 e. The van der Waals surface area contributed by atoms with E-state index in [0.717, 1.165) is 16.0 Å². The molecule has 3 nitrogen and oxygen atoms in total. The number of nitrogens with one attached hydrogen (secondary N) is 1. The Morgan fingerprint density at radius 2 is 2.14 bits per heavy atom. The summed E-state index contributed by atoms with van der Waals surface area (Å²) in [6.45, 7) is 2.45. The molecule has 0 aliphatic rings. The van der Waals surface area contributed by atoms with E-state index in [2.05, 4.69) is 17.2 Å². The Hall–Kier alpha value is -2.09. The quantitative estimate of drug-likeness (QED) is 0.853. The molecule has 1 amide bonds. The van der Waals surface area contributed by atoms with Crippen LogP contribution < -0.4 is 5.32 Å². The van der Waals surface area contributed by atoms with Gasteiger partial charge >= 0.3 is 0 Å². The van der Waals surface area contributed by atoms with Crippen molar-refractivity contribution in [3.63, 3.8) is 0 Å². The zero-order valence-electron chi connectivity index (χ0n) is 11.8.